The molecule has 1 fully saturated rings. The monoisotopic (exact) mass is 439 g/mol. The molecule has 0 bridgehead atoms. The van der Waals surface area contributed by atoms with Crippen LogP contribution in [0.3, 0.4) is 0 Å². The minimum atomic E-state index is -0.341. The zero-order chi connectivity index (χ0) is 21.6. The summed E-state index contributed by atoms with van der Waals surface area (Å²) in [7, 11) is 1.62. The van der Waals surface area contributed by atoms with Crippen LogP contribution in [0.4, 0.5) is 4.39 Å². The van der Waals surface area contributed by atoms with E-state index in [9.17, 15) is 9.18 Å². The molecule has 1 heterocycles. The van der Waals surface area contributed by atoms with E-state index in [1.165, 1.54) is 12.1 Å². The topological polar surface area (TPSA) is 38.8 Å². The highest BCUT2D eigenvalue weighted by Crippen LogP contribution is 2.32. The summed E-state index contributed by atoms with van der Waals surface area (Å²) < 4.78 is 24.8. The lowest BCUT2D eigenvalue weighted by Crippen LogP contribution is -2.38. The third kappa shape index (κ3) is 5.25. The highest BCUT2D eigenvalue weighted by Gasteiger charge is 2.28. The highest BCUT2D eigenvalue weighted by molar-refractivity contribution is 7.09. The van der Waals surface area contributed by atoms with Crippen molar-refractivity contribution in [2.24, 2.45) is 0 Å². The highest BCUT2D eigenvalue weighted by atomic mass is 32.1. The molecule has 0 atom stereocenters. The fraction of sp³-hybridized carbons (Fsp3) is 0.320. The van der Waals surface area contributed by atoms with E-state index in [2.05, 4.69) is 0 Å². The van der Waals surface area contributed by atoms with Gasteiger partial charge in [-0.25, -0.2) is 4.39 Å². The molecular weight excluding hydrogens is 413 g/mol. The van der Waals surface area contributed by atoms with Gasteiger partial charge in [-0.2, -0.15) is 0 Å². The molecule has 1 aliphatic carbocycles. The SMILES string of the molecule is COc1ccc(CN(C(=O)c2ccc(F)cc2)C2CCCC2)cc1OCc1cccs1. The summed E-state index contributed by atoms with van der Waals surface area (Å²) in [4.78, 5) is 16.3. The van der Waals surface area contributed by atoms with Crippen molar-refractivity contribution in [3.63, 3.8) is 0 Å². The minimum Gasteiger partial charge on any atom is -0.493 e. The van der Waals surface area contributed by atoms with Gasteiger partial charge in [0.25, 0.3) is 5.91 Å². The van der Waals surface area contributed by atoms with Crippen LogP contribution in [0.1, 0.15) is 46.5 Å². The van der Waals surface area contributed by atoms with Gasteiger partial charge in [-0.3, -0.25) is 4.79 Å². The van der Waals surface area contributed by atoms with E-state index in [1.54, 1.807) is 30.6 Å². The Hall–Kier alpha value is -2.86. The molecule has 0 N–H and O–H groups in total. The number of methoxy groups -OCH3 is 1. The van der Waals surface area contributed by atoms with Crippen LogP contribution in [0.2, 0.25) is 0 Å². The molecule has 0 spiro atoms. The molecule has 1 saturated carbocycles. The molecule has 1 aromatic heterocycles. The molecule has 3 aromatic rings. The fourth-order valence-corrected chi connectivity index (χ4v) is 4.63. The Bertz CT molecular complexity index is 998. The van der Waals surface area contributed by atoms with E-state index >= 15 is 0 Å². The van der Waals surface area contributed by atoms with Crippen LogP contribution in [0, 0.1) is 5.82 Å². The first-order valence-corrected chi connectivity index (χ1v) is 11.4. The number of nitrogens with zero attached hydrogens (tertiary/aromatic N) is 1. The number of amides is 1. The number of hydrogen-bond donors (Lipinski definition) is 0. The Morgan fingerprint density at radius 3 is 2.55 bits per heavy atom. The Morgan fingerprint density at radius 2 is 1.87 bits per heavy atom. The molecule has 4 rings (SSSR count). The predicted octanol–water partition coefficient (Wildman–Crippen LogP) is 6.06. The Morgan fingerprint density at radius 1 is 1.10 bits per heavy atom. The van der Waals surface area contributed by atoms with Gasteiger partial charge in [0.1, 0.15) is 12.4 Å². The van der Waals surface area contributed by atoms with Crippen LogP contribution in [-0.2, 0) is 13.2 Å². The van der Waals surface area contributed by atoms with Crippen molar-refractivity contribution in [1.82, 2.24) is 4.90 Å². The molecule has 6 heteroatoms. The number of hydrogen-bond acceptors (Lipinski definition) is 4. The standard InChI is InChI=1S/C25H26FNO3S/c1-29-23-13-8-18(15-24(23)30-17-22-7-4-14-31-22)16-27(21-5-2-3-6-21)25(28)19-9-11-20(26)12-10-19/h4,7-15,21H,2-3,5-6,16-17H2,1H3. The lowest BCUT2D eigenvalue weighted by molar-refractivity contribution is 0.0664. The van der Waals surface area contributed by atoms with Crippen LogP contribution < -0.4 is 9.47 Å². The maximum Gasteiger partial charge on any atom is 0.254 e. The van der Waals surface area contributed by atoms with E-state index in [0.29, 0.717) is 30.2 Å². The molecule has 162 valence electrons. The third-order valence-corrected chi connectivity index (χ3v) is 6.50. The van der Waals surface area contributed by atoms with Crippen molar-refractivity contribution < 1.29 is 18.7 Å². The first kappa shape index (κ1) is 21.4. The number of carbonyl (C=O) groups excluding carboxylic acids is 1. The molecule has 0 unspecified atom stereocenters. The van der Waals surface area contributed by atoms with E-state index < -0.39 is 0 Å². The van der Waals surface area contributed by atoms with Crippen molar-refractivity contribution >= 4 is 17.2 Å². The lowest BCUT2D eigenvalue weighted by Gasteiger charge is -2.29. The van der Waals surface area contributed by atoms with Gasteiger partial charge < -0.3 is 14.4 Å². The third-order valence-electron chi connectivity index (χ3n) is 5.65. The summed E-state index contributed by atoms with van der Waals surface area (Å²) in [5.41, 5.74) is 1.49. The van der Waals surface area contributed by atoms with Gasteiger partial charge in [0.2, 0.25) is 0 Å². The Kier molecular flexibility index (Phi) is 6.87. The summed E-state index contributed by atoms with van der Waals surface area (Å²) in [6.07, 6.45) is 4.22. The van der Waals surface area contributed by atoms with Crippen LogP contribution >= 0.6 is 11.3 Å². The van der Waals surface area contributed by atoms with Gasteiger partial charge >= 0.3 is 0 Å². The van der Waals surface area contributed by atoms with Gasteiger partial charge in [0, 0.05) is 23.0 Å². The molecule has 4 nitrogen and oxygen atoms in total. The Balaban J connectivity index is 1.56. The number of rotatable bonds is 8. The largest absolute Gasteiger partial charge is 0.493 e. The molecule has 31 heavy (non-hydrogen) atoms. The second-order valence-corrected chi connectivity index (χ2v) is 8.76. The van der Waals surface area contributed by atoms with Crippen LogP contribution in [0.5, 0.6) is 11.5 Å². The number of carbonyl (C=O) groups is 1. The second kappa shape index (κ2) is 9.96. The van der Waals surface area contributed by atoms with Crippen molar-refractivity contribution in [2.75, 3.05) is 7.11 Å². The summed E-state index contributed by atoms with van der Waals surface area (Å²) in [5.74, 6) is 0.919. The average molecular weight is 440 g/mol. The van der Waals surface area contributed by atoms with Gasteiger partial charge in [-0.1, -0.05) is 25.0 Å². The smallest absolute Gasteiger partial charge is 0.254 e. The van der Waals surface area contributed by atoms with Gasteiger partial charge in [0.05, 0.1) is 7.11 Å². The summed E-state index contributed by atoms with van der Waals surface area (Å²) in [6.45, 7) is 0.943. The maximum atomic E-state index is 13.3. The molecule has 2 aromatic carbocycles. The number of thiophene rings is 1. The normalized spacial score (nSPS) is 13.9. The van der Waals surface area contributed by atoms with Crippen molar-refractivity contribution in [3.8, 4) is 11.5 Å². The first-order chi connectivity index (χ1) is 15.1. The summed E-state index contributed by atoms with van der Waals surface area (Å²) in [5, 5.41) is 2.02. The van der Waals surface area contributed by atoms with E-state index in [4.69, 9.17) is 9.47 Å². The van der Waals surface area contributed by atoms with Gasteiger partial charge in [-0.05, 0) is 66.2 Å². The van der Waals surface area contributed by atoms with Crippen molar-refractivity contribution in [1.29, 1.82) is 0 Å². The second-order valence-electron chi connectivity index (χ2n) is 7.73. The molecule has 0 radical (unpaired) electrons. The number of ether oxygens (including phenoxy) is 2. The maximum absolute atomic E-state index is 13.3. The van der Waals surface area contributed by atoms with Crippen LogP contribution in [0.15, 0.2) is 60.0 Å². The summed E-state index contributed by atoms with van der Waals surface area (Å²) >= 11 is 1.64. The number of halogens is 1. The molecule has 1 amide bonds. The van der Waals surface area contributed by atoms with Crippen LogP contribution in [-0.4, -0.2) is 24.0 Å². The molecule has 0 saturated heterocycles. The Labute approximate surface area is 186 Å². The average Bonchev–Trinajstić information content (AvgIpc) is 3.50. The van der Waals surface area contributed by atoms with Crippen molar-refractivity contribution in [3.05, 3.63) is 81.8 Å². The van der Waals surface area contributed by atoms with E-state index in [0.717, 1.165) is 36.1 Å². The van der Waals surface area contributed by atoms with Crippen LogP contribution in [0.25, 0.3) is 0 Å². The quantitative estimate of drug-likeness (QED) is 0.428. The van der Waals surface area contributed by atoms with Gasteiger partial charge in [0.15, 0.2) is 11.5 Å². The zero-order valence-corrected chi connectivity index (χ0v) is 18.4. The predicted molar refractivity (Wildman–Crippen MR) is 120 cm³/mol. The van der Waals surface area contributed by atoms with E-state index in [1.807, 2.05) is 40.6 Å². The van der Waals surface area contributed by atoms with E-state index in [-0.39, 0.29) is 17.8 Å². The molecule has 1 aliphatic rings. The molecule has 0 aliphatic heterocycles. The number of benzene rings is 2. The fourth-order valence-electron chi connectivity index (χ4n) is 4.01. The lowest BCUT2D eigenvalue weighted by atomic mass is 10.1. The zero-order valence-electron chi connectivity index (χ0n) is 17.6. The van der Waals surface area contributed by atoms with Gasteiger partial charge in [-0.15, -0.1) is 11.3 Å². The minimum absolute atomic E-state index is 0.0660. The molecular formula is C25H26FNO3S. The first-order valence-electron chi connectivity index (χ1n) is 10.5. The van der Waals surface area contributed by atoms with Crippen molar-refractivity contribution in [2.45, 2.75) is 44.9 Å². The summed E-state index contributed by atoms with van der Waals surface area (Å²) in [6, 6.07) is 15.8.